The van der Waals surface area contributed by atoms with Crippen molar-refractivity contribution < 1.29 is 31.5 Å². The van der Waals surface area contributed by atoms with Crippen LogP contribution in [0, 0.1) is 11.6 Å². The fourth-order valence-corrected chi connectivity index (χ4v) is 2.12. The molecule has 0 aliphatic heterocycles. The first kappa shape index (κ1) is 19.8. The lowest BCUT2D eigenvalue weighted by molar-refractivity contribution is -0.137. The SMILES string of the molecule is O=C(NCCOc1ccc(F)c(F)c1)Nc1ccc(Cl)c(C(F)(F)F)c1. The highest BCUT2D eigenvalue weighted by Gasteiger charge is 2.33. The van der Waals surface area contributed by atoms with Crippen LogP contribution in [0.25, 0.3) is 0 Å². The van der Waals surface area contributed by atoms with Gasteiger partial charge in [0, 0.05) is 11.8 Å². The molecule has 0 aliphatic carbocycles. The summed E-state index contributed by atoms with van der Waals surface area (Å²) >= 11 is 5.48. The minimum Gasteiger partial charge on any atom is -0.492 e. The molecule has 0 unspecified atom stereocenters. The highest BCUT2D eigenvalue weighted by Crippen LogP contribution is 2.36. The summed E-state index contributed by atoms with van der Waals surface area (Å²) in [6, 6.07) is 5.13. The molecule has 2 N–H and O–H groups in total. The second-order valence-corrected chi connectivity index (χ2v) is 5.40. The Morgan fingerprint density at radius 2 is 1.81 bits per heavy atom. The van der Waals surface area contributed by atoms with Crippen LogP contribution in [0.1, 0.15) is 5.56 Å². The van der Waals surface area contributed by atoms with Gasteiger partial charge in [0.1, 0.15) is 12.4 Å². The van der Waals surface area contributed by atoms with Gasteiger partial charge in [-0.1, -0.05) is 11.6 Å². The number of hydrogen-bond acceptors (Lipinski definition) is 2. The minimum absolute atomic E-state index is 0.0233. The fourth-order valence-electron chi connectivity index (χ4n) is 1.90. The molecule has 4 nitrogen and oxygen atoms in total. The predicted molar refractivity (Wildman–Crippen MR) is 85.3 cm³/mol. The van der Waals surface area contributed by atoms with Gasteiger partial charge in [0.15, 0.2) is 11.6 Å². The molecule has 10 heteroatoms. The Bertz CT molecular complexity index is 799. The molecule has 26 heavy (non-hydrogen) atoms. The first-order chi connectivity index (χ1) is 12.2. The minimum atomic E-state index is -4.65. The lowest BCUT2D eigenvalue weighted by Crippen LogP contribution is -2.32. The largest absolute Gasteiger partial charge is 0.492 e. The molecule has 2 amide bonds. The Balaban J connectivity index is 1.83. The van der Waals surface area contributed by atoms with Gasteiger partial charge in [0.05, 0.1) is 17.1 Å². The molecular formula is C16H12ClF5N2O2. The summed E-state index contributed by atoms with van der Waals surface area (Å²) in [5.74, 6) is -2.02. The molecule has 0 spiro atoms. The van der Waals surface area contributed by atoms with E-state index in [1.54, 1.807) is 0 Å². The molecule has 0 radical (unpaired) electrons. The van der Waals surface area contributed by atoms with E-state index in [0.717, 1.165) is 18.2 Å². The van der Waals surface area contributed by atoms with Gasteiger partial charge in [-0.3, -0.25) is 0 Å². The monoisotopic (exact) mass is 394 g/mol. The van der Waals surface area contributed by atoms with Crippen molar-refractivity contribution in [3.63, 3.8) is 0 Å². The Morgan fingerprint density at radius 1 is 1.08 bits per heavy atom. The third-order valence-electron chi connectivity index (χ3n) is 3.08. The van der Waals surface area contributed by atoms with E-state index in [1.807, 2.05) is 0 Å². The lowest BCUT2D eigenvalue weighted by Gasteiger charge is -2.12. The van der Waals surface area contributed by atoms with Gasteiger partial charge in [-0.2, -0.15) is 13.2 Å². The molecular weight excluding hydrogens is 383 g/mol. The molecule has 0 saturated carbocycles. The van der Waals surface area contributed by atoms with Gasteiger partial charge in [-0.15, -0.1) is 0 Å². The highest BCUT2D eigenvalue weighted by atomic mass is 35.5. The maximum atomic E-state index is 13.0. The average molecular weight is 395 g/mol. The summed E-state index contributed by atoms with van der Waals surface area (Å²) in [4.78, 5) is 11.7. The Morgan fingerprint density at radius 3 is 2.46 bits per heavy atom. The van der Waals surface area contributed by atoms with Crippen molar-refractivity contribution >= 4 is 23.3 Å². The quantitative estimate of drug-likeness (QED) is 0.563. The third kappa shape index (κ3) is 5.48. The zero-order valence-corrected chi connectivity index (χ0v) is 13.7. The average Bonchev–Trinajstić information content (AvgIpc) is 2.55. The molecule has 0 fully saturated rings. The molecule has 0 atom stereocenters. The van der Waals surface area contributed by atoms with Gasteiger partial charge in [0.2, 0.25) is 0 Å². The predicted octanol–water partition coefficient (Wildman–Crippen LogP) is 4.84. The van der Waals surface area contributed by atoms with E-state index >= 15 is 0 Å². The first-order valence-electron chi connectivity index (χ1n) is 7.16. The summed E-state index contributed by atoms with van der Waals surface area (Å²) in [5, 5.41) is 4.08. The van der Waals surface area contributed by atoms with E-state index in [1.165, 1.54) is 12.1 Å². The van der Waals surface area contributed by atoms with E-state index < -0.39 is 34.4 Å². The topological polar surface area (TPSA) is 50.4 Å². The zero-order chi connectivity index (χ0) is 19.3. The number of rotatable bonds is 5. The summed E-state index contributed by atoms with van der Waals surface area (Å²) in [5.41, 5.74) is -1.17. The molecule has 0 aromatic heterocycles. The summed E-state index contributed by atoms with van der Waals surface area (Å²) < 4.78 is 69.1. The van der Waals surface area contributed by atoms with Crippen LogP contribution in [-0.2, 0) is 6.18 Å². The van der Waals surface area contributed by atoms with Crippen LogP contribution in [0.3, 0.4) is 0 Å². The van der Waals surface area contributed by atoms with Crippen molar-refractivity contribution in [2.24, 2.45) is 0 Å². The molecule has 140 valence electrons. The smallest absolute Gasteiger partial charge is 0.417 e. The van der Waals surface area contributed by atoms with E-state index in [-0.39, 0.29) is 24.6 Å². The number of benzene rings is 2. The normalized spacial score (nSPS) is 11.2. The third-order valence-corrected chi connectivity index (χ3v) is 3.41. The van der Waals surface area contributed by atoms with Gasteiger partial charge in [-0.05, 0) is 30.3 Å². The zero-order valence-electron chi connectivity index (χ0n) is 13.0. The van der Waals surface area contributed by atoms with Crippen LogP contribution in [0.4, 0.5) is 32.4 Å². The number of halogens is 6. The number of hydrogen-bond donors (Lipinski definition) is 2. The Labute approximate surface area is 149 Å². The van der Waals surface area contributed by atoms with Gasteiger partial charge >= 0.3 is 12.2 Å². The Kier molecular flexibility index (Phi) is 6.25. The van der Waals surface area contributed by atoms with E-state index in [9.17, 15) is 26.7 Å². The number of nitrogens with one attached hydrogen (secondary N) is 2. The van der Waals surface area contributed by atoms with Crippen LogP contribution in [0.2, 0.25) is 5.02 Å². The van der Waals surface area contributed by atoms with Gasteiger partial charge in [-0.25, -0.2) is 13.6 Å². The molecule has 0 heterocycles. The van der Waals surface area contributed by atoms with Gasteiger partial charge < -0.3 is 15.4 Å². The number of carbonyl (C=O) groups excluding carboxylic acids is 1. The molecule has 2 aromatic rings. The number of ether oxygens (including phenoxy) is 1. The molecule has 2 aromatic carbocycles. The number of alkyl halides is 3. The van der Waals surface area contributed by atoms with Crippen LogP contribution in [0.15, 0.2) is 36.4 Å². The van der Waals surface area contributed by atoms with Crippen LogP contribution in [-0.4, -0.2) is 19.2 Å². The first-order valence-corrected chi connectivity index (χ1v) is 7.54. The van der Waals surface area contributed by atoms with Crippen LogP contribution >= 0.6 is 11.6 Å². The molecule has 0 bridgehead atoms. The summed E-state index contributed by atoms with van der Waals surface area (Å²) in [6.07, 6.45) is -4.65. The number of urea groups is 1. The number of carbonyl (C=O) groups is 1. The molecule has 0 saturated heterocycles. The van der Waals surface area contributed by atoms with Crippen molar-refractivity contribution in [1.29, 1.82) is 0 Å². The maximum absolute atomic E-state index is 13.0. The summed E-state index contributed by atoms with van der Waals surface area (Å²) in [6.45, 7) is -0.0859. The standard InChI is InChI=1S/C16H12ClF5N2O2/c17-12-3-1-9(7-11(12)16(20,21)22)24-15(25)23-5-6-26-10-2-4-13(18)14(19)8-10/h1-4,7-8H,5-6H2,(H2,23,24,25). The highest BCUT2D eigenvalue weighted by molar-refractivity contribution is 6.31. The van der Waals surface area contributed by atoms with Crippen molar-refractivity contribution in [2.75, 3.05) is 18.5 Å². The Hall–Kier alpha value is -2.55. The van der Waals surface area contributed by atoms with E-state index in [4.69, 9.17) is 16.3 Å². The van der Waals surface area contributed by atoms with Crippen LogP contribution in [0.5, 0.6) is 5.75 Å². The fraction of sp³-hybridized carbons (Fsp3) is 0.188. The van der Waals surface area contributed by atoms with E-state index in [0.29, 0.717) is 6.07 Å². The van der Waals surface area contributed by atoms with Crippen molar-refractivity contribution in [3.8, 4) is 5.75 Å². The van der Waals surface area contributed by atoms with Crippen molar-refractivity contribution in [2.45, 2.75) is 6.18 Å². The van der Waals surface area contributed by atoms with Gasteiger partial charge in [0.25, 0.3) is 0 Å². The second kappa shape index (κ2) is 8.22. The maximum Gasteiger partial charge on any atom is 0.417 e. The van der Waals surface area contributed by atoms with Crippen molar-refractivity contribution in [3.05, 3.63) is 58.6 Å². The van der Waals surface area contributed by atoms with Crippen LogP contribution < -0.4 is 15.4 Å². The van der Waals surface area contributed by atoms with Crippen molar-refractivity contribution in [1.82, 2.24) is 5.32 Å². The number of anilines is 1. The summed E-state index contributed by atoms with van der Waals surface area (Å²) in [7, 11) is 0. The molecule has 2 rings (SSSR count). The van der Waals surface area contributed by atoms with E-state index in [2.05, 4.69) is 10.6 Å². The number of amides is 2. The lowest BCUT2D eigenvalue weighted by atomic mass is 10.2. The molecule has 0 aliphatic rings. The second-order valence-electron chi connectivity index (χ2n) is 5.00.